The molecule has 0 saturated heterocycles. The van der Waals surface area contributed by atoms with Gasteiger partial charge in [0.15, 0.2) is 9.96 Å². The van der Waals surface area contributed by atoms with E-state index in [1.807, 2.05) is 0 Å². The first kappa shape index (κ1) is 31.1. The average molecular weight is 699 g/mol. The molecule has 1 aliphatic heterocycles. The predicted octanol–water partition coefficient (Wildman–Crippen LogP) is 4.02. The molecule has 0 unspecified atom stereocenters. The molecule has 2 aromatic heterocycles. The number of nitro groups is 1. The largest absolute Gasteiger partial charge is 0.496 e. The first-order chi connectivity index (χ1) is 21.0. The van der Waals surface area contributed by atoms with Crippen LogP contribution in [0.5, 0.6) is 5.75 Å². The van der Waals surface area contributed by atoms with E-state index in [9.17, 15) is 24.5 Å². The number of hydrogen-bond acceptors (Lipinski definition) is 11. The second kappa shape index (κ2) is 12.7. The van der Waals surface area contributed by atoms with Gasteiger partial charge >= 0.3 is 5.97 Å². The Morgan fingerprint density at radius 2 is 2.00 bits per heavy atom. The van der Waals surface area contributed by atoms with E-state index >= 15 is 0 Å². The molecule has 0 saturated carbocycles. The number of nitrogens with one attached hydrogen (secondary N) is 1. The number of halogens is 1. The molecule has 1 N–H and O–H groups in total. The number of carbonyl (C=O) groups is 1. The summed E-state index contributed by atoms with van der Waals surface area (Å²) in [7, 11) is 1.53. The highest BCUT2D eigenvalue weighted by molar-refractivity contribution is 9.10. The maximum absolute atomic E-state index is 13.9. The molecular formula is C29H24BrN5O7S2. The molecular weight excluding hydrogens is 674 g/mol. The number of benzene rings is 2. The number of nitrogens with zero attached hydrogens (tertiary/aromatic N) is 4. The number of esters is 1. The topological polar surface area (TPSA) is 159 Å². The predicted molar refractivity (Wildman–Crippen MR) is 168 cm³/mol. The zero-order valence-electron chi connectivity index (χ0n) is 23.7. The van der Waals surface area contributed by atoms with Gasteiger partial charge in [0.25, 0.3) is 16.8 Å². The van der Waals surface area contributed by atoms with Crippen LogP contribution in [0, 0.1) is 17.0 Å². The van der Waals surface area contributed by atoms with E-state index in [1.54, 1.807) is 51.1 Å². The number of carbonyl (C=O) groups excluding carboxylic acids is 1. The Kier molecular flexibility index (Phi) is 8.99. The lowest BCUT2D eigenvalue weighted by atomic mass is 9.96. The highest BCUT2D eigenvalue weighted by Gasteiger charge is 2.33. The van der Waals surface area contributed by atoms with Crippen molar-refractivity contribution in [1.29, 1.82) is 0 Å². The van der Waals surface area contributed by atoms with E-state index in [1.165, 1.54) is 29.9 Å². The third-order valence-corrected chi connectivity index (χ3v) is 9.10. The van der Waals surface area contributed by atoms with Crippen molar-refractivity contribution in [3.05, 3.63) is 115 Å². The van der Waals surface area contributed by atoms with Crippen LogP contribution in [0.2, 0.25) is 0 Å². The minimum absolute atomic E-state index is 0.141. The summed E-state index contributed by atoms with van der Waals surface area (Å²) in [4.78, 5) is 62.3. The summed E-state index contributed by atoms with van der Waals surface area (Å²) in [5, 5.41) is 12.2. The molecule has 0 radical (unpaired) electrons. The second-order valence-electron chi connectivity index (χ2n) is 9.47. The minimum Gasteiger partial charge on any atom is -0.496 e. The SMILES string of the molecule is CCOC(=O)C1=C(C)N=c2s/c(=C/c3ccc(Sc4nc(C)cc(=O)[nH]4)c([N+](=O)[O-])c3)c(=O)n2[C@@H]1c1ccc(OC)c(Br)c1. The third-order valence-electron chi connectivity index (χ3n) is 6.54. The maximum Gasteiger partial charge on any atom is 0.338 e. The van der Waals surface area contributed by atoms with Crippen LogP contribution in [0.3, 0.4) is 0 Å². The van der Waals surface area contributed by atoms with Crippen molar-refractivity contribution in [2.24, 2.45) is 4.99 Å². The molecule has 0 bridgehead atoms. The number of hydrogen-bond donors (Lipinski definition) is 1. The quantitative estimate of drug-likeness (QED) is 0.124. The van der Waals surface area contributed by atoms with E-state index < -0.39 is 22.5 Å². The lowest BCUT2D eigenvalue weighted by Crippen LogP contribution is -2.40. The number of aryl methyl sites for hydroxylation is 1. The van der Waals surface area contributed by atoms with Crippen LogP contribution in [0.1, 0.15) is 36.7 Å². The summed E-state index contributed by atoms with van der Waals surface area (Å²) >= 11 is 5.55. The molecule has 1 atom stereocenters. The maximum atomic E-state index is 13.9. The number of nitro benzene ring substituents is 1. The van der Waals surface area contributed by atoms with Gasteiger partial charge in [-0.2, -0.15) is 0 Å². The molecule has 0 spiro atoms. The number of rotatable bonds is 8. The Bertz CT molecular complexity index is 2100. The molecule has 15 heteroatoms. The zero-order valence-corrected chi connectivity index (χ0v) is 27.0. The van der Waals surface area contributed by atoms with Crippen molar-refractivity contribution < 1.29 is 19.2 Å². The van der Waals surface area contributed by atoms with E-state index in [-0.39, 0.29) is 38.0 Å². The van der Waals surface area contributed by atoms with E-state index in [2.05, 4.69) is 30.9 Å². The monoisotopic (exact) mass is 697 g/mol. The Morgan fingerprint density at radius 1 is 1.23 bits per heavy atom. The minimum atomic E-state index is -0.841. The first-order valence-electron chi connectivity index (χ1n) is 13.1. The van der Waals surface area contributed by atoms with E-state index in [0.717, 1.165) is 23.1 Å². The van der Waals surface area contributed by atoms with Gasteiger partial charge < -0.3 is 14.5 Å². The van der Waals surface area contributed by atoms with Crippen molar-refractivity contribution in [3.8, 4) is 5.75 Å². The second-order valence-corrected chi connectivity index (χ2v) is 12.4. The molecule has 5 rings (SSSR count). The molecule has 226 valence electrons. The van der Waals surface area contributed by atoms with Crippen molar-refractivity contribution in [3.63, 3.8) is 0 Å². The summed E-state index contributed by atoms with van der Waals surface area (Å²) in [6.45, 7) is 5.18. The van der Waals surface area contributed by atoms with Crippen molar-refractivity contribution in [1.82, 2.24) is 14.5 Å². The summed E-state index contributed by atoms with van der Waals surface area (Å²) < 4.78 is 13.0. The molecule has 3 heterocycles. The standard InChI is InChI=1S/C29H24BrN5O7S2/c1-5-42-27(38)24-15(3)32-29-34(25(24)17-7-8-20(41-4)18(30)13-17)26(37)22(44-29)12-16-6-9-21(19(11-16)35(39)40)43-28-31-14(2)10-23(36)33-28/h6-13,25H,5H2,1-4H3,(H,31,33,36)/b22-12+/t25-/m1/s1. The molecule has 0 fully saturated rings. The van der Waals surface area contributed by atoms with Gasteiger partial charge in [-0.1, -0.05) is 23.5 Å². The van der Waals surface area contributed by atoms with Gasteiger partial charge in [0.1, 0.15) is 5.75 Å². The molecule has 0 aliphatic carbocycles. The van der Waals surface area contributed by atoms with Crippen molar-refractivity contribution in [2.75, 3.05) is 13.7 Å². The lowest BCUT2D eigenvalue weighted by molar-refractivity contribution is -0.387. The number of thiazole rings is 1. The zero-order chi connectivity index (χ0) is 31.7. The van der Waals surface area contributed by atoms with Crippen LogP contribution in [-0.4, -0.2) is 39.1 Å². The van der Waals surface area contributed by atoms with Gasteiger partial charge in [-0.3, -0.25) is 24.3 Å². The number of methoxy groups -OCH3 is 1. The molecule has 0 amide bonds. The highest BCUT2D eigenvalue weighted by atomic mass is 79.9. The van der Waals surface area contributed by atoms with E-state index in [0.29, 0.717) is 37.5 Å². The number of fused-ring (bicyclic) bond motifs is 1. The number of H-pyrrole nitrogens is 1. The van der Waals surface area contributed by atoms with Crippen LogP contribution in [0.25, 0.3) is 6.08 Å². The van der Waals surface area contributed by atoms with Crippen LogP contribution >= 0.6 is 39.0 Å². The lowest BCUT2D eigenvalue weighted by Gasteiger charge is -2.25. The molecule has 1 aliphatic rings. The van der Waals surface area contributed by atoms with Crippen LogP contribution in [0.4, 0.5) is 5.69 Å². The third kappa shape index (κ3) is 6.16. The fourth-order valence-corrected chi connectivity index (χ4v) is 7.20. The summed E-state index contributed by atoms with van der Waals surface area (Å²) in [6, 6.07) is 10.3. The molecule has 12 nitrogen and oxygen atoms in total. The van der Waals surface area contributed by atoms with Gasteiger partial charge in [0.05, 0.1) is 49.9 Å². The summed E-state index contributed by atoms with van der Waals surface area (Å²) in [5.41, 5.74) is 1.13. The van der Waals surface area contributed by atoms with Gasteiger partial charge in [-0.25, -0.2) is 14.8 Å². The first-order valence-corrected chi connectivity index (χ1v) is 15.5. The smallest absolute Gasteiger partial charge is 0.338 e. The number of allylic oxidation sites excluding steroid dienone is 1. The van der Waals surface area contributed by atoms with Gasteiger partial charge in [-0.05, 0) is 83.9 Å². The van der Waals surface area contributed by atoms with Crippen LogP contribution in [-0.2, 0) is 9.53 Å². The normalized spacial score (nSPS) is 14.7. The average Bonchev–Trinajstić information content (AvgIpc) is 3.26. The number of aromatic amines is 1. The Labute approximate surface area is 266 Å². The van der Waals surface area contributed by atoms with Gasteiger partial charge in [-0.15, -0.1) is 0 Å². The summed E-state index contributed by atoms with van der Waals surface area (Å²) in [5.74, 6) is -0.0135. The van der Waals surface area contributed by atoms with Crippen molar-refractivity contribution in [2.45, 2.75) is 36.9 Å². The molecule has 2 aromatic carbocycles. The molecule has 4 aromatic rings. The Balaban J connectivity index is 1.63. The van der Waals surface area contributed by atoms with Gasteiger partial charge in [0, 0.05) is 17.8 Å². The van der Waals surface area contributed by atoms with Crippen molar-refractivity contribution >= 4 is 56.8 Å². The number of aromatic nitrogens is 3. The Hall–Kier alpha value is -4.34. The fraction of sp³-hybridized carbons (Fsp3) is 0.207. The van der Waals surface area contributed by atoms with E-state index in [4.69, 9.17) is 9.47 Å². The Morgan fingerprint density at radius 3 is 2.66 bits per heavy atom. The fourth-order valence-electron chi connectivity index (χ4n) is 4.67. The summed E-state index contributed by atoms with van der Waals surface area (Å²) in [6.07, 6.45) is 1.54. The van der Waals surface area contributed by atoms with Gasteiger partial charge in [0.2, 0.25) is 0 Å². The van der Waals surface area contributed by atoms with Crippen LogP contribution in [0.15, 0.2) is 82.8 Å². The molecule has 44 heavy (non-hydrogen) atoms. The van der Waals surface area contributed by atoms with Crippen LogP contribution < -0.4 is 25.2 Å². The number of ether oxygens (including phenoxy) is 2. The highest BCUT2D eigenvalue weighted by Crippen LogP contribution is 2.36.